The van der Waals surface area contributed by atoms with Crippen LogP contribution < -0.4 is 10.6 Å². The minimum absolute atomic E-state index is 0.277. The molecule has 0 aliphatic carbocycles. The summed E-state index contributed by atoms with van der Waals surface area (Å²) in [5.74, 6) is -0.382. The molecule has 1 aromatic heterocycles. The molecule has 0 saturated carbocycles. The largest absolute Gasteiger partial charge is 0.477 e. The van der Waals surface area contributed by atoms with Gasteiger partial charge in [-0.3, -0.25) is 4.99 Å². The van der Waals surface area contributed by atoms with Gasteiger partial charge >= 0.3 is 5.97 Å². The van der Waals surface area contributed by atoms with Crippen molar-refractivity contribution in [3.63, 3.8) is 0 Å². The number of aliphatic hydroxyl groups excluding tert-OH is 1. The van der Waals surface area contributed by atoms with Gasteiger partial charge in [-0.2, -0.15) is 0 Å². The fourth-order valence-corrected chi connectivity index (χ4v) is 1.94. The highest BCUT2D eigenvalue weighted by atomic mass is 32.1. The summed E-state index contributed by atoms with van der Waals surface area (Å²) in [7, 11) is 0. The van der Waals surface area contributed by atoms with Gasteiger partial charge in [0.15, 0.2) is 5.96 Å². The number of anilines is 1. The number of β-amino-alcohol motifs (C(OH)–C–C–N with tert-alkyl or cyclic N) is 1. The third kappa shape index (κ3) is 2.50. The van der Waals surface area contributed by atoms with Crippen LogP contribution >= 0.6 is 11.3 Å². The molecule has 0 fully saturated rings. The van der Waals surface area contributed by atoms with Crippen molar-refractivity contribution in [1.29, 1.82) is 0 Å². The summed E-state index contributed by atoms with van der Waals surface area (Å²) in [4.78, 5) is 15.0. The van der Waals surface area contributed by atoms with Crippen LogP contribution in [0.25, 0.3) is 0 Å². The van der Waals surface area contributed by atoms with Crippen LogP contribution in [0.1, 0.15) is 9.67 Å². The van der Waals surface area contributed by atoms with Crippen LogP contribution in [-0.4, -0.2) is 41.3 Å². The first kappa shape index (κ1) is 10.9. The number of guanidine groups is 1. The zero-order chi connectivity index (χ0) is 11.5. The summed E-state index contributed by atoms with van der Waals surface area (Å²) in [5, 5.41) is 25.5. The van der Waals surface area contributed by atoms with Crippen molar-refractivity contribution in [2.24, 2.45) is 4.99 Å². The predicted octanol–water partition coefficient (Wildman–Crippen LogP) is 0.178. The van der Waals surface area contributed by atoms with Crippen molar-refractivity contribution in [1.82, 2.24) is 5.32 Å². The molecule has 2 rings (SSSR count). The van der Waals surface area contributed by atoms with E-state index in [1.807, 2.05) is 0 Å². The van der Waals surface area contributed by atoms with Crippen molar-refractivity contribution >= 4 is 29.0 Å². The number of carbonyl (C=O) groups is 1. The Morgan fingerprint density at radius 3 is 3.06 bits per heavy atom. The molecule has 1 aliphatic rings. The fraction of sp³-hybridized carbons (Fsp3) is 0.333. The highest BCUT2D eigenvalue weighted by Crippen LogP contribution is 2.19. The molecule has 2 heterocycles. The molecule has 1 unspecified atom stereocenters. The monoisotopic (exact) mass is 241 g/mol. The molecule has 1 aromatic rings. The summed E-state index contributed by atoms with van der Waals surface area (Å²) in [6.07, 6.45) is -0.456. The minimum atomic E-state index is -0.938. The van der Waals surface area contributed by atoms with Crippen LogP contribution in [0, 0.1) is 0 Å². The smallest absolute Gasteiger partial charge is 0.345 e. The van der Waals surface area contributed by atoms with Crippen LogP contribution in [0.2, 0.25) is 0 Å². The van der Waals surface area contributed by atoms with Crippen LogP contribution in [-0.2, 0) is 0 Å². The van der Waals surface area contributed by atoms with E-state index in [-0.39, 0.29) is 4.88 Å². The number of carboxylic acids is 1. The SMILES string of the molecule is O=C(O)c1cc(NC2=NCC(O)CN2)cs1. The Balaban J connectivity index is 2.01. The second-order valence-corrected chi connectivity index (χ2v) is 4.27. The predicted molar refractivity (Wildman–Crippen MR) is 61.2 cm³/mol. The minimum Gasteiger partial charge on any atom is -0.477 e. The maximum atomic E-state index is 10.7. The van der Waals surface area contributed by atoms with Crippen LogP contribution in [0.3, 0.4) is 0 Å². The van der Waals surface area contributed by atoms with E-state index in [4.69, 9.17) is 5.11 Å². The first-order valence-corrected chi connectivity index (χ1v) is 5.58. The number of aromatic carboxylic acids is 1. The van der Waals surface area contributed by atoms with E-state index < -0.39 is 12.1 Å². The van der Waals surface area contributed by atoms with Gasteiger partial charge in [0, 0.05) is 11.9 Å². The van der Waals surface area contributed by atoms with E-state index in [2.05, 4.69) is 15.6 Å². The van der Waals surface area contributed by atoms with Crippen molar-refractivity contribution in [3.8, 4) is 0 Å². The normalized spacial score (nSPS) is 19.8. The standard InChI is InChI=1S/C9H11N3O3S/c13-6-2-10-9(11-3-6)12-5-1-7(8(14)15)16-4-5/h1,4,6,13H,2-3H2,(H,14,15)(H2,10,11,12). The molecule has 6 nitrogen and oxygen atoms in total. The molecule has 1 aliphatic heterocycles. The van der Waals surface area contributed by atoms with Crippen LogP contribution in [0.4, 0.5) is 5.69 Å². The number of hydrogen-bond donors (Lipinski definition) is 4. The van der Waals surface area contributed by atoms with Crippen molar-refractivity contribution in [2.45, 2.75) is 6.10 Å². The van der Waals surface area contributed by atoms with Gasteiger partial charge in [0.2, 0.25) is 0 Å². The number of aliphatic hydroxyl groups is 1. The summed E-state index contributed by atoms with van der Waals surface area (Å²) >= 11 is 1.15. The highest BCUT2D eigenvalue weighted by Gasteiger charge is 2.13. The number of hydrogen-bond acceptors (Lipinski definition) is 6. The Morgan fingerprint density at radius 2 is 2.50 bits per heavy atom. The Kier molecular flexibility index (Phi) is 3.07. The van der Waals surface area contributed by atoms with Gasteiger partial charge in [-0.05, 0) is 6.07 Å². The molecule has 4 N–H and O–H groups in total. The zero-order valence-corrected chi connectivity index (χ0v) is 9.12. The van der Waals surface area contributed by atoms with E-state index in [1.165, 1.54) is 0 Å². The van der Waals surface area contributed by atoms with E-state index in [0.717, 1.165) is 11.3 Å². The van der Waals surface area contributed by atoms with Crippen molar-refractivity contribution < 1.29 is 15.0 Å². The Bertz CT molecular complexity index is 429. The highest BCUT2D eigenvalue weighted by molar-refractivity contribution is 7.12. The maximum absolute atomic E-state index is 10.7. The molecule has 0 aromatic carbocycles. The third-order valence-corrected chi connectivity index (χ3v) is 2.96. The molecule has 86 valence electrons. The number of thiophene rings is 1. The first-order chi connectivity index (χ1) is 7.65. The lowest BCUT2D eigenvalue weighted by molar-refractivity contribution is 0.0702. The molecule has 1 atom stereocenters. The number of aliphatic imine (C=N–C) groups is 1. The zero-order valence-electron chi connectivity index (χ0n) is 8.30. The average Bonchev–Trinajstić information content (AvgIpc) is 2.70. The topological polar surface area (TPSA) is 94.0 Å². The molecule has 0 bridgehead atoms. The van der Waals surface area contributed by atoms with E-state index in [9.17, 15) is 9.90 Å². The summed E-state index contributed by atoms with van der Waals surface area (Å²) < 4.78 is 0. The lowest BCUT2D eigenvalue weighted by Gasteiger charge is -2.19. The number of rotatable bonds is 2. The lowest BCUT2D eigenvalue weighted by Crippen LogP contribution is -2.42. The Labute approximate surface area is 95.6 Å². The molecule has 7 heteroatoms. The van der Waals surface area contributed by atoms with Gasteiger partial charge in [-0.25, -0.2) is 4.79 Å². The van der Waals surface area contributed by atoms with Crippen molar-refractivity contribution in [2.75, 3.05) is 18.4 Å². The van der Waals surface area contributed by atoms with Gasteiger partial charge in [0.1, 0.15) is 4.88 Å². The van der Waals surface area contributed by atoms with E-state index >= 15 is 0 Å². The van der Waals surface area contributed by atoms with E-state index in [1.54, 1.807) is 11.4 Å². The number of nitrogens with one attached hydrogen (secondary N) is 2. The second kappa shape index (κ2) is 4.50. The van der Waals surface area contributed by atoms with Gasteiger partial charge in [-0.15, -0.1) is 11.3 Å². The van der Waals surface area contributed by atoms with Gasteiger partial charge in [-0.1, -0.05) is 0 Å². The van der Waals surface area contributed by atoms with Gasteiger partial charge in [0.25, 0.3) is 0 Å². The summed E-state index contributed by atoms with van der Waals surface area (Å²) in [5.41, 5.74) is 0.685. The lowest BCUT2D eigenvalue weighted by atomic mass is 10.3. The Hall–Kier alpha value is -1.60. The quantitative estimate of drug-likeness (QED) is 0.592. The molecule has 0 radical (unpaired) electrons. The van der Waals surface area contributed by atoms with Crippen molar-refractivity contribution in [3.05, 3.63) is 16.3 Å². The molecule has 0 amide bonds. The fourth-order valence-electron chi connectivity index (χ4n) is 1.27. The van der Waals surface area contributed by atoms with Crippen LogP contribution in [0.15, 0.2) is 16.4 Å². The average molecular weight is 241 g/mol. The molecule has 16 heavy (non-hydrogen) atoms. The molecule has 0 saturated heterocycles. The second-order valence-electron chi connectivity index (χ2n) is 3.35. The third-order valence-electron chi connectivity index (χ3n) is 2.04. The maximum Gasteiger partial charge on any atom is 0.345 e. The first-order valence-electron chi connectivity index (χ1n) is 4.70. The van der Waals surface area contributed by atoms with Gasteiger partial charge < -0.3 is 20.8 Å². The number of nitrogens with zero attached hydrogens (tertiary/aromatic N) is 1. The Morgan fingerprint density at radius 1 is 1.69 bits per heavy atom. The molecular weight excluding hydrogens is 230 g/mol. The molecule has 0 spiro atoms. The summed E-state index contributed by atoms with van der Waals surface area (Å²) in [6, 6.07) is 1.54. The summed E-state index contributed by atoms with van der Waals surface area (Å²) in [6.45, 7) is 0.799. The van der Waals surface area contributed by atoms with E-state index in [0.29, 0.717) is 24.7 Å². The van der Waals surface area contributed by atoms with Gasteiger partial charge in [0.05, 0.1) is 18.3 Å². The number of carboxylic acid groups (broad SMARTS) is 1. The van der Waals surface area contributed by atoms with Crippen LogP contribution in [0.5, 0.6) is 0 Å². The molecular formula is C9H11N3O3S.